The number of carbonyl (C=O) groups is 2. The predicted octanol–water partition coefficient (Wildman–Crippen LogP) is 1.79. The highest BCUT2D eigenvalue weighted by Crippen LogP contribution is 2.29. The lowest BCUT2D eigenvalue weighted by atomic mass is 9.83. The van der Waals surface area contributed by atoms with Crippen molar-refractivity contribution in [3.63, 3.8) is 0 Å². The zero-order valence-corrected chi connectivity index (χ0v) is 10.0. The lowest BCUT2D eigenvalue weighted by Crippen LogP contribution is -2.42. The van der Waals surface area contributed by atoms with Crippen LogP contribution in [0, 0.1) is 11.8 Å². The monoisotopic (exact) mass is 227 g/mol. The van der Waals surface area contributed by atoms with Crippen LogP contribution in [0.4, 0.5) is 0 Å². The first-order valence-corrected chi connectivity index (χ1v) is 6.01. The molecule has 1 saturated carbocycles. The summed E-state index contributed by atoms with van der Waals surface area (Å²) in [6, 6.07) is -0.729. The molecule has 1 fully saturated rings. The van der Waals surface area contributed by atoms with Gasteiger partial charge in [0.25, 0.3) is 0 Å². The molecular formula is C12H21NO3. The van der Waals surface area contributed by atoms with Gasteiger partial charge in [0, 0.05) is 6.42 Å². The Morgan fingerprint density at radius 3 is 2.38 bits per heavy atom. The lowest BCUT2D eigenvalue weighted by molar-refractivity contribution is -0.142. The van der Waals surface area contributed by atoms with Crippen molar-refractivity contribution in [3.05, 3.63) is 0 Å². The van der Waals surface area contributed by atoms with Crippen molar-refractivity contribution in [2.24, 2.45) is 11.8 Å². The summed E-state index contributed by atoms with van der Waals surface area (Å²) in [4.78, 5) is 22.5. The van der Waals surface area contributed by atoms with Gasteiger partial charge in [0.2, 0.25) is 5.91 Å². The van der Waals surface area contributed by atoms with Crippen molar-refractivity contribution in [2.75, 3.05) is 0 Å². The number of aliphatic carboxylic acids is 1. The van der Waals surface area contributed by atoms with E-state index >= 15 is 0 Å². The van der Waals surface area contributed by atoms with Gasteiger partial charge < -0.3 is 10.4 Å². The quantitative estimate of drug-likeness (QED) is 0.727. The Labute approximate surface area is 96.4 Å². The molecule has 0 saturated heterocycles. The number of carboxylic acids is 1. The minimum Gasteiger partial charge on any atom is -0.480 e. The van der Waals surface area contributed by atoms with Crippen LogP contribution >= 0.6 is 0 Å². The van der Waals surface area contributed by atoms with Crippen LogP contribution in [0.3, 0.4) is 0 Å². The third-order valence-electron chi connectivity index (χ3n) is 3.04. The molecule has 0 aromatic heterocycles. The Morgan fingerprint density at radius 1 is 1.38 bits per heavy atom. The summed E-state index contributed by atoms with van der Waals surface area (Å²) in [6.45, 7) is 3.90. The van der Waals surface area contributed by atoms with E-state index in [9.17, 15) is 9.59 Å². The van der Waals surface area contributed by atoms with Crippen LogP contribution in [-0.4, -0.2) is 23.0 Å². The number of rotatable bonds is 6. The van der Waals surface area contributed by atoms with Crippen LogP contribution < -0.4 is 5.32 Å². The van der Waals surface area contributed by atoms with Gasteiger partial charge in [-0.15, -0.1) is 0 Å². The fourth-order valence-electron chi connectivity index (χ4n) is 1.91. The van der Waals surface area contributed by atoms with Gasteiger partial charge in [0.15, 0.2) is 0 Å². The van der Waals surface area contributed by atoms with Gasteiger partial charge in [-0.2, -0.15) is 0 Å². The summed E-state index contributed by atoms with van der Waals surface area (Å²) in [5.74, 6) is -0.299. The van der Waals surface area contributed by atoms with Crippen molar-refractivity contribution in [2.45, 2.75) is 52.0 Å². The van der Waals surface area contributed by atoms with E-state index in [4.69, 9.17) is 5.11 Å². The molecule has 92 valence electrons. The minimum atomic E-state index is -0.935. The molecule has 1 amide bonds. The molecule has 0 aromatic rings. The van der Waals surface area contributed by atoms with E-state index < -0.39 is 12.0 Å². The number of hydrogen-bond acceptors (Lipinski definition) is 2. The number of hydrogen-bond donors (Lipinski definition) is 2. The Morgan fingerprint density at radius 2 is 2.00 bits per heavy atom. The van der Waals surface area contributed by atoms with Crippen LogP contribution in [0.25, 0.3) is 0 Å². The normalized spacial score (nSPS) is 17.9. The van der Waals surface area contributed by atoms with Crippen LogP contribution in [0.5, 0.6) is 0 Å². The lowest BCUT2D eigenvalue weighted by Gasteiger charge is -2.25. The molecule has 0 aromatic carbocycles. The van der Waals surface area contributed by atoms with E-state index in [0.717, 1.165) is 12.8 Å². The van der Waals surface area contributed by atoms with E-state index in [-0.39, 0.29) is 11.8 Å². The van der Waals surface area contributed by atoms with Crippen molar-refractivity contribution in [3.8, 4) is 0 Å². The molecule has 1 rings (SSSR count). The van der Waals surface area contributed by atoms with E-state index in [1.807, 2.05) is 13.8 Å². The maximum Gasteiger partial charge on any atom is 0.326 e. The maximum atomic E-state index is 11.6. The Balaban J connectivity index is 2.34. The summed E-state index contributed by atoms with van der Waals surface area (Å²) in [6.07, 6.45) is 4.39. The molecule has 0 unspecified atom stereocenters. The smallest absolute Gasteiger partial charge is 0.326 e. The van der Waals surface area contributed by atoms with Crippen molar-refractivity contribution >= 4 is 11.9 Å². The predicted molar refractivity (Wildman–Crippen MR) is 61.0 cm³/mol. The molecule has 0 aliphatic heterocycles. The molecule has 1 aliphatic carbocycles. The summed E-state index contributed by atoms with van der Waals surface area (Å²) >= 11 is 0. The third kappa shape index (κ3) is 4.21. The van der Waals surface area contributed by atoms with Gasteiger partial charge in [-0.3, -0.25) is 4.79 Å². The van der Waals surface area contributed by atoms with Crippen LogP contribution in [0.2, 0.25) is 0 Å². The average Bonchev–Trinajstić information content (AvgIpc) is 2.09. The molecule has 0 heterocycles. The second-order valence-electron chi connectivity index (χ2n) is 5.09. The van der Waals surface area contributed by atoms with Crippen LogP contribution in [0.1, 0.15) is 46.0 Å². The fraction of sp³-hybridized carbons (Fsp3) is 0.833. The highest BCUT2D eigenvalue weighted by Gasteiger charge is 2.25. The minimum absolute atomic E-state index is 0.113. The average molecular weight is 227 g/mol. The Bertz CT molecular complexity index is 259. The third-order valence-corrected chi connectivity index (χ3v) is 3.04. The van der Waals surface area contributed by atoms with Crippen molar-refractivity contribution in [1.29, 1.82) is 0 Å². The van der Waals surface area contributed by atoms with Gasteiger partial charge in [0.1, 0.15) is 6.04 Å². The van der Waals surface area contributed by atoms with Gasteiger partial charge in [-0.1, -0.05) is 20.3 Å². The summed E-state index contributed by atoms with van der Waals surface area (Å²) in [5.41, 5.74) is 0. The number of carbonyl (C=O) groups excluding carboxylic acids is 1. The van der Waals surface area contributed by atoms with E-state index in [1.165, 1.54) is 6.42 Å². The van der Waals surface area contributed by atoms with Gasteiger partial charge in [0.05, 0.1) is 0 Å². The molecule has 0 radical (unpaired) electrons. The zero-order valence-electron chi connectivity index (χ0n) is 10.0. The van der Waals surface area contributed by atoms with Gasteiger partial charge >= 0.3 is 5.97 Å². The molecule has 2 N–H and O–H groups in total. The second-order valence-corrected chi connectivity index (χ2v) is 5.09. The number of nitrogens with one attached hydrogen (secondary N) is 1. The highest BCUT2D eigenvalue weighted by atomic mass is 16.4. The SMILES string of the molecule is CC(C)C[C@@H](NC(=O)CC1CCC1)C(=O)O. The van der Waals surface area contributed by atoms with Crippen molar-refractivity contribution in [1.82, 2.24) is 5.32 Å². The largest absolute Gasteiger partial charge is 0.480 e. The zero-order chi connectivity index (χ0) is 12.1. The van der Waals surface area contributed by atoms with Gasteiger partial charge in [-0.05, 0) is 31.1 Å². The maximum absolute atomic E-state index is 11.6. The molecule has 4 heteroatoms. The summed E-state index contributed by atoms with van der Waals surface area (Å²) in [5, 5.41) is 11.6. The molecule has 4 nitrogen and oxygen atoms in total. The summed E-state index contributed by atoms with van der Waals surface area (Å²) < 4.78 is 0. The summed E-state index contributed by atoms with van der Waals surface area (Å²) in [7, 11) is 0. The van der Waals surface area contributed by atoms with Gasteiger partial charge in [-0.25, -0.2) is 4.79 Å². The number of amides is 1. The highest BCUT2D eigenvalue weighted by molar-refractivity contribution is 5.83. The molecule has 1 atom stereocenters. The van der Waals surface area contributed by atoms with E-state index in [1.54, 1.807) is 0 Å². The molecule has 0 bridgehead atoms. The van der Waals surface area contributed by atoms with Crippen LogP contribution in [0.15, 0.2) is 0 Å². The molecular weight excluding hydrogens is 206 g/mol. The van der Waals surface area contributed by atoms with E-state index in [2.05, 4.69) is 5.32 Å². The van der Waals surface area contributed by atoms with Crippen LogP contribution in [-0.2, 0) is 9.59 Å². The molecule has 16 heavy (non-hydrogen) atoms. The second kappa shape index (κ2) is 5.87. The topological polar surface area (TPSA) is 66.4 Å². The van der Waals surface area contributed by atoms with Crippen molar-refractivity contribution < 1.29 is 14.7 Å². The van der Waals surface area contributed by atoms with E-state index in [0.29, 0.717) is 18.8 Å². The Kier molecular flexibility index (Phi) is 4.77. The standard InChI is InChI=1S/C12H21NO3/c1-8(2)6-10(12(15)16)13-11(14)7-9-4-3-5-9/h8-10H,3-7H2,1-2H3,(H,13,14)(H,15,16)/t10-/m1/s1. The Hall–Kier alpha value is -1.06. The first-order chi connectivity index (χ1) is 7.49. The first-order valence-electron chi connectivity index (χ1n) is 6.01. The molecule has 1 aliphatic rings. The number of carboxylic acid groups (broad SMARTS) is 1. The first kappa shape index (κ1) is 13.0. The fourth-order valence-corrected chi connectivity index (χ4v) is 1.91. The molecule has 0 spiro atoms.